The van der Waals surface area contributed by atoms with E-state index < -0.39 is 16.0 Å². The maximum Gasteiger partial charge on any atom is 0.294 e. The third kappa shape index (κ3) is 3.05. The van der Waals surface area contributed by atoms with Crippen molar-refractivity contribution in [2.24, 2.45) is 5.73 Å². The molecule has 3 aromatic rings. The number of nitrogens with zero attached hydrogens (tertiary/aromatic N) is 2. The summed E-state index contributed by atoms with van der Waals surface area (Å²) in [6, 6.07) is 13.2. The molecule has 3 N–H and O–H groups in total. The van der Waals surface area contributed by atoms with Crippen LogP contribution < -0.4 is 5.73 Å². The summed E-state index contributed by atoms with van der Waals surface area (Å²) in [5.74, 6) is -0.110. The second-order valence-corrected chi connectivity index (χ2v) is 6.44. The van der Waals surface area contributed by atoms with Crippen molar-refractivity contribution in [2.45, 2.75) is 4.90 Å². The Morgan fingerprint density at radius 2 is 1.88 bits per heavy atom. The molecule has 24 heavy (non-hydrogen) atoms. The van der Waals surface area contributed by atoms with E-state index in [0.717, 1.165) is 5.56 Å². The highest BCUT2D eigenvalue weighted by molar-refractivity contribution is 7.85. The number of rotatable bonds is 4. The molecule has 122 valence electrons. The van der Waals surface area contributed by atoms with Crippen molar-refractivity contribution in [1.82, 2.24) is 9.55 Å². The van der Waals surface area contributed by atoms with E-state index in [1.165, 1.54) is 30.5 Å². The molecule has 0 saturated heterocycles. The average molecular weight is 343 g/mol. The van der Waals surface area contributed by atoms with E-state index in [9.17, 15) is 17.8 Å². The Balaban J connectivity index is 2.29. The normalized spacial score (nSPS) is 12.0. The largest absolute Gasteiger partial charge is 0.366 e. The molecule has 0 atom stereocenters. The molecule has 0 saturated carbocycles. The molecule has 0 radical (unpaired) electrons. The van der Waals surface area contributed by atoms with Gasteiger partial charge in [-0.1, -0.05) is 30.3 Å². The van der Waals surface area contributed by atoms with Gasteiger partial charge in [-0.3, -0.25) is 13.9 Å². The molecular formula is C16H13N3O4S. The summed E-state index contributed by atoms with van der Waals surface area (Å²) in [6.45, 7) is 0. The van der Waals surface area contributed by atoms with Crippen LogP contribution in [0.4, 0.5) is 0 Å². The minimum absolute atomic E-state index is 0.252. The molecule has 0 bridgehead atoms. The minimum atomic E-state index is -4.33. The standard InChI is InChI=1S/C16H13N3O4S/c17-15(20)8-9-19-14-7-6-12(24(21,22)23)10-13(14)18-16(19)11-4-2-1-3-5-11/h1-10H,(H2,17,20)(H,21,22,23). The number of hydrogen-bond donors (Lipinski definition) is 2. The molecule has 0 unspecified atom stereocenters. The van der Waals surface area contributed by atoms with Crippen molar-refractivity contribution in [3.63, 3.8) is 0 Å². The van der Waals surface area contributed by atoms with Crippen LogP contribution in [-0.2, 0) is 14.9 Å². The maximum absolute atomic E-state index is 11.3. The summed E-state index contributed by atoms with van der Waals surface area (Å²) < 4.78 is 33.4. The molecule has 0 fully saturated rings. The van der Waals surface area contributed by atoms with Gasteiger partial charge in [0.25, 0.3) is 10.1 Å². The third-order valence-electron chi connectivity index (χ3n) is 3.38. The smallest absolute Gasteiger partial charge is 0.294 e. The fourth-order valence-corrected chi connectivity index (χ4v) is 2.83. The topological polar surface area (TPSA) is 115 Å². The van der Waals surface area contributed by atoms with Gasteiger partial charge in [0.15, 0.2) is 0 Å². The second-order valence-electron chi connectivity index (χ2n) is 5.02. The fraction of sp³-hybridized carbons (Fsp3) is 0. The first kappa shape index (κ1) is 15.9. The van der Waals surface area contributed by atoms with Crippen molar-refractivity contribution in [3.05, 3.63) is 54.6 Å². The second kappa shape index (κ2) is 5.91. The Morgan fingerprint density at radius 1 is 1.17 bits per heavy atom. The van der Waals surface area contributed by atoms with E-state index >= 15 is 0 Å². The van der Waals surface area contributed by atoms with Gasteiger partial charge < -0.3 is 5.73 Å². The molecule has 2 aromatic carbocycles. The fourth-order valence-electron chi connectivity index (χ4n) is 2.33. The molecule has 3 rings (SSSR count). The first-order chi connectivity index (χ1) is 11.4. The van der Waals surface area contributed by atoms with Crippen LogP contribution in [0, 0.1) is 0 Å². The van der Waals surface area contributed by atoms with Crippen LogP contribution >= 0.6 is 0 Å². The van der Waals surface area contributed by atoms with Crippen LogP contribution in [0.2, 0.25) is 0 Å². The zero-order valence-electron chi connectivity index (χ0n) is 12.3. The summed E-state index contributed by atoms with van der Waals surface area (Å²) >= 11 is 0. The van der Waals surface area contributed by atoms with E-state index in [1.54, 1.807) is 4.57 Å². The Bertz CT molecular complexity index is 1050. The minimum Gasteiger partial charge on any atom is -0.366 e. The zero-order chi connectivity index (χ0) is 17.3. The quantitative estimate of drug-likeness (QED) is 0.554. The summed E-state index contributed by atoms with van der Waals surface area (Å²) in [4.78, 5) is 15.2. The highest BCUT2D eigenvalue weighted by Crippen LogP contribution is 2.26. The number of aromatic nitrogens is 2. The number of nitrogens with two attached hydrogens (primary N) is 1. The van der Waals surface area contributed by atoms with Crippen LogP contribution in [0.25, 0.3) is 28.6 Å². The first-order valence-electron chi connectivity index (χ1n) is 6.89. The molecule has 1 amide bonds. The summed E-state index contributed by atoms with van der Waals surface area (Å²) in [5, 5.41) is 0. The average Bonchev–Trinajstić information content (AvgIpc) is 2.90. The number of benzene rings is 2. The Labute approximate surface area is 137 Å². The lowest BCUT2D eigenvalue weighted by molar-refractivity contribution is -0.113. The lowest BCUT2D eigenvalue weighted by Gasteiger charge is -2.03. The molecular weight excluding hydrogens is 330 g/mol. The molecule has 0 aliphatic carbocycles. The van der Waals surface area contributed by atoms with E-state index in [4.69, 9.17) is 5.73 Å². The van der Waals surface area contributed by atoms with Crippen molar-refractivity contribution in [2.75, 3.05) is 0 Å². The molecule has 1 heterocycles. The lowest BCUT2D eigenvalue weighted by Crippen LogP contribution is -2.06. The highest BCUT2D eigenvalue weighted by atomic mass is 32.2. The molecule has 0 spiro atoms. The highest BCUT2D eigenvalue weighted by Gasteiger charge is 2.15. The number of hydrogen-bond acceptors (Lipinski definition) is 4. The first-order valence-corrected chi connectivity index (χ1v) is 8.33. The maximum atomic E-state index is 11.3. The summed E-state index contributed by atoms with van der Waals surface area (Å²) in [7, 11) is -4.33. The van der Waals surface area contributed by atoms with Crippen LogP contribution in [0.3, 0.4) is 0 Å². The molecule has 0 aliphatic heterocycles. The number of carbonyl (C=O) groups excluding carboxylic acids is 1. The van der Waals surface area contributed by atoms with Crippen molar-refractivity contribution in [1.29, 1.82) is 0 Å². The van der Waals surface area contributed by atoms with Gasteiger partial charge in [0.2, 0.25) is 5.91 Å². The van der Waals surface area contributed by atoms with Crippen LogP contribution in [0.15, 0.2) is 59.5 Å². The van der Waals surface area contributed by atoms with Gasteiger partial charge in [-0.05, 0) is 18.2 Å². The van der Waals surface area contributed by atoms with Gasteiger partial charge in [-0.25, -0.2) is 4.98 Å². The van der Waals surface area contributed by atoms with E-state index in [0.29, 0.717) is 16.9 Å². The number of amides is 1. The van der Waals surface area contributed by atoms with Gasteiger partial charge in [0.05, 0.1) is 15.9 Å². The van der Waals surface area contributed by atoms with Crippen LogP contribution in [0.5, 0.6) is 0 Å². The molecule has 8 heteroatoms. The lowest BCUT2D eigenvalue weighted by atomic mass is 10.2. The van der Waals surface area contributed by atoms with Gasteiger partial charge in [0, 0.05) is 17.8 Å². The Morgan fingerprint density at radius 3 is 2.50 bits per heavy atom. The Kier molecular flexibility index (Phi) is 3.92. The zero-order valence-corrected chi connectivity index (χ0v) is 13.1. The van der Waals surface area contributed by atoms with E-state index in [2.05, 4.69) is 4.98 Å². The van der Waals surface area contributed by atoms with Crippen molar-refractivity contribution in [3.8, 4) is 11.4 Å². The third-order valence-corrected chi connectivity index (χ3v) is 4.23. The van der Waals surface area contributed by atoms with Gasteiger partial charge in [-0.15, -0.1) is 0 Å². The van der Waals surface area contributed by atoms with Crippen molar-refractivity contribution < 1.29 is 17.8 Å². The van der Waals surface area contributed by atoms with Crippen molar-refractivity contribution >= 4 is 33.3 Å². The van der Waals surface area contributed by atoms with E-state index in [1.807, 2.05) is 30.3 Å². The number of fused-ring (bicyclic) bond motifs is 1. The number of imidazole rings is 1. The Hall–Kier alpha value is -2.97. The SMILES string of the molecule is NC(=O)C=Cn1c(-c2ccccc2)nc2cc(S(=O)(=O)O)ccc21. The van der Waals surface area contributed by atoms with Gasteiger partial charge >= 0.3 is 0 Å². The number of primary amides is 1. The number of carbonyl (C=O) groups is 1. The monoisotopic (exact) mass is 343 g/mol. The summed E-state index contributed by atoms with van der Waals surface area (Å²) in [5.41, 5.74) is 6.85. The predicted molar refractivity (Wildman–Crippen MR) is 89.5 cm³/mol. The molecule has 1 aromatic heterocycles. The van der Waals surface area contributed by atoms with Crippen LogP contribution in [-0.4, -0.2) is 28.4 Å². The van der Waals surface area contributed by atoms with E-state index in [-0.39, 0.29) is 4.90 Å². The van der Waals surface area contributed by atoms with Gasteiger partial charge in [0.1, 0.15) is 5.82 Å². The summed E-state index contributed by atoms with van der Waals surface area (Å²) in [6.07, 6.45) is 2.65. The molecule has 0 aliphatic rings. The van der Waals surface area contributed by atoms with Gasteiger partial charge in [-0.2, -0.15) is 8.42 Å². The van der Waals surface area contributed by atoms with Crippen LogP contribution in [0.1, 0.15) is 0 Å². The molecule has 7 nitrogen and oxygen atoms in total. The predicted octanol–water partition coefficient (Wildman–Crippen LogP) is 1.91.